The maximum Gasteiger partial charge on any atom is 0.335 e. The lowest BCUT2D eigenvalue weighted by Gasteiger charge is -2.40. The van der Waals surface area contributed by atoms with E-state index in [9.17, 15) is 34.5 Å². The third-order valence-electron chi connectivity index (χ3n) is 13.4. The summed E-state index contributed by atoms with van der Waals surface area (Å²) in [5.74, 6) is -3.17. The Bertz CT molecular complexity index is 1660. The first-order valence-corrected chi connectivity index (χ1v) is 30.6. The molecule has 0 aliphatic carbocycles. The summed E-state index contributed by atoms with van der Waals surface area (Å²) in [7, 11) is 0. The molecule has 1 aliphatic heterocycles. The van der Waals surface area contributed by atoms with E-state index in [1.54, 1.807) is 0 Å². The van der Waals surface area contributed by atoms with Crippen LogP contribution in [0.2, 0.25) is 0 Å². The molecule has 1 aliphatic rings. The minimum Gasteiger partial charge on any atom is -0.479 e. The van der Waals surface area contributed by atoms with Crippen molar-refractivity contribution in [1.29, 1.82) is 0 Å². The van der Waals surface area contributed by atoms with E-state index in [0.29, 0.717) is 19.3 Å². The maximum atomic E-state index is 13.1. The number of aliphatic hydroxyl groups excluding tert-OH is 2. The highest BCUT2D eigenvalue weighted by atomic mass is 16.7. The zero-order valence-electron chi connectivity index (χ0n) is 48.4. The van der Waals surface area contributed by atoms with E-state index >= 15 is 0 Å². The maximum absolute atomic E-state index is 13.1. The van der Waals surface area contributed by atoms with E-state index in [4.69, 9.17) is 23.7 Å². The van der Waals surface area contributed by atoms with Gasteiger partial charge >= 0.3 is 23.9 Å². The quantitative estimate of drug-likeness (QED) is 0.0228. The first-order chi connectivity index (χ1) is 37.6. The van der Waals surface area contributed by atoms with Crippen LogP contribution in [0.15, 0.2) is 85.1 Å². The van der Waals surface area contributed by atoms with Crippen molar-refractivity contribution in [1.82, 2.24) is 0 Å². The molecule has 1 rings (SSSR count). The second-order valence-corrected chi connectivity index (χ2v) is 20.6. The second kappa shape index (κ2) is 52.6. The van der Waals surface area contributed by atoms with Crippen LogP contribution >= 0.6 is 0 Å². The zero-order valence-corrected chi connectivity index (χ0v) is 48.4. The predicted molar refractivity (Wildman–Crippen MR) is 312 cm³/mol. The summed E-state index contributed by atoms with van der Waals surface area (Å²) in [6, 6.07) is 0. The number of hydrogen-bond donors (Lipinski definition) is 3. The lowest BCUT2D eigenvalue weighted by atomic mass is 9.98. The number of unbranched alkanes of at least 4 members (excludes halogenated alkanes) is 23. The molecule has 440 valence electrons. The molecule has 1 heterocycles. The van der Waals surface area contributed by atoms with Crippen LogP contribution in [0.3, 0.4) is 0 Å². The summed E-state index contributed by atoms with van der Waals surface area (Å²) in [6.07, 6.45) is 55.4. The van der Waals surface area contributed by atoms with Gasteiger partial charge in [0.15, 0.2) is 24.6 Å². The van der Waals surface area contributed by atoms with Crippen LogP contribution in [0.25, 0.3) is 0 Å². The van der Waals surface area contributed by atoms with Crippen molar-refractivity contribution in [3.63, 3.8) is 0 Å². The van der Waals surface area contributed by atoms with Gasteiger partial charge in [-0.3, -0.25) is 14.4 Å². The van der Waals surface area contributed by atoms with Crippen molar-refractivity contribution in [2.75, 3.05) is 13.2 Å². The van der Waals surface area contributed by atoms with Gasteiger partial charge in [0.1, 0.15) is 18.8 Å². The van der Waals surface area contributed by atoms with Gasteiger partial charge in [0, 0.05) is 19.3 Å². The van der Waals surface area contributed by atoms with Crippen LogP contribution in [0.4, 0.5) is 0 Å². The highest BCUT2D eigenvalue weighted by Crippen LogP contribution is 2.26. The molecule has 12 nitrogen and oxygen atoms in total. The number of hydrogen-bond acceptors (Lipinski definition) is 11. The molecule has 0 radical (unpaired) electrons. The Morgan fingerprint density at radius 2 is 0.818 bits per heavy atom. The molecule has 0 amide bonds. The summed E-state index contributed by atoms with van der Waals surface area (Å²) in [5, 5.41) is 31.5. The Balaban J connectivity index is 2.69. The molecule has 0 aromatic heterocycles. The Morgan fingerprint density at radius 3 is 1.29 bits per heavy atom. The highest BCUT2D eigenvalue weighted by Gasteiger charge is 2.50. The third kappa shape index (κ3) is 42.5. The zero-order chi connectivity index (χ0) is 56.1. The average molecular weight is 1080 g/mol. The monoisotopic (exact) mass is 1080 g/mol. The fraction of sp³-hybridized carbons (Fsp3) is 0.723. The minimum absolute atomic E-state index is 0.0361. The molecule has 0 aromatic rings. The van der Waals surface area contributed by atoms with Gasteiger partial charge in [-0.1, -0.05) is 202 Å². The molecule has 0 aromatic carbocycles. The first-order valence-electron chi connectivity index (χ1n) is 30.6. The Hall–Kier alpha value is -4.10. The van der Waals surface area contributed by atoms with Crippen LogP contribution in [-0.2, 0) is 42.9 Å². The van der Waals surface area contributed by atoms with Crippen molar-refractivity contribution in [2.24, 2.45) is 0 Å². The molecule has 0 saturated carbocycles. The lowest BCUT2D eigenvalue weighted by molar-refractivity contribution is -0.301. The summed E-state index contributed by atoms with van der Waals surface area (Å²) in [5.41, 5.74) is 0. The van der Waals surface area contributed by atoms with Gasteiger partial charge in [0.25, 0.3) is 0 Å². The largest absolute Gasteiger partial charge is 0.479 e. The molecule has 77 heavy (non-hydrogen) atoms. The van der Waals surface area contributed by atoms with Crippen molar-refractivity contribution in [3.05, 3.63) is 85.1 Å². The van der Waals surface area contributed by atoms with Crippen molar-refractivity contribution in [2.45, 2.75) is 289 Å². The number of carbonyl (C=O) groups excluding carboxylic acids is 3. The summed E-state index contributed by atoms with van der Waals surface area (Å²) < 4.78 is 28.4. The van der Waals surface area contributed by atoms with Crippen molar-refractivity contribution < 1.29 is 58.2 Å². The number of ether oxygens (including phenoxy) is 5. The van der Waals surface area contributed by atoms with E-state index in [1.807, 2.05) is 0 Å². The predicted octanol–water partition coefficient (Wildman–Crippen LogP) is 15.9. The molecule has 12 heteroatoms. The first kappa shape index (κ1) is 70.9. The van der Waals surface area contributed by atoms with E-state index in [1.165, 1.54) is 51.4 Å². The van der Waals surface area contributed by atoms with E-state index in [2.05, 4.69) is 106 Å². The smallest absolute Gasteiger partial charge is 0.335 e. The van der Waals surface area contributed by atoms with E-state index < -0.39 is 67.3 Å². The van der Waals surface area contributed by atoms with Gasteiger partial charge in [-0.05, 0) is 116 Å². The fourth-order valence-corrected chi connectivity index (χ4v) is 8.74. The number of carboxylic acid groups (broad SMARTS) is 1. The average Bonchev–Trinajstić information content (AvgIpc) is 3.42. The van der Waals surface area contributed by atoms with E-state index in [-0.39, 0.29) is 25.9 Å². The van der Waals surface area contributed by atoms with Gasteiger partial charge in [0.2, 0.25) is 0 Å². The lowest BCUT2D eigenvalue weighted by Crippen LogP contribution is -2.61. The van der Waals surface area contributed by atoms with Crippen LogP contribution in [0.5, 0.6) is 0 Å². The standard InChI is InChI=1S/C65H108O12/c1-4-7-10-13-16-19-22-25-27-28-29-30-32-34-36-39-42-45-48-51-57(66)73-54-56(75-58(67)52-49-46-43-40-37-33-24-21-18-15-12-9-6-3)55-74-65-63(61(70)60(69)62(77-65)64(71)72)76-59(68)53-50-47-44-41-38-35-31-26-23-20-17-14-11-8-5-2/h8,11,16-17,19-21,24-27,29-31,56,60-63,65,69-70H,4-7,9-10,12-15,18,22-23,28,32-55H2,1-3H3,(H,71,72)/b11-8-,19-16-,20-17-,24-21-,27-25-,30-29-,31-26-. The molecule has 3 N–H and O–H groups in total. The second-order valence-electron chi connectivity index (χ2n) is 20.6. The third-order valence-corrected chi connectivity index (χ3v) is 13.4. The number of rotatable bonds is 51. The summed E-state index contributed by atoms with van der Waals surface area (Å²) in [4.78, 5) is 51.2. The van der Waals surface area contributed by atoms with Crippen molar-refractivity contribution in [3.8, 4) is 0 Å². The van der Waals surface area contributed by atoms with E-state index in [0.717, 1.165) is 141 Å². The SMILES string of the molecule is CC/C=C\C/C=C\C/C=C\CCCCCCCC(=O)OC1C(OCC(COC(=O)CCCCCCCC/C=C\C/C=C\C/C=C\CCCCC)OC(=O)CCCCCCC/C=C\CCCCCC)OC(C(=O)O)C(O)C1O. The summed E-state index contributed by atoms with van der Waals surface area (Å²) >= 11 is 0. The number of esters is 3. The van der Waals surface area contributed by atoms with Gasteiger partial charge in [0.05, 0.1) is 6.61 Å². The van der Waals surface area contributed by atoms with Crippen LogP contribution in [0.1, 0.15) is 252 Å². The number of carbonyl (C=O) groups is 4. The molecular formula is C65H108O12. The van der Waals surface area contributed by atoms with Gasteiger partial charge in [-0.25, -0.2) is 4.79 Å². The fourth-order valence-electron chi connectivity index (χ4n) is 8.74. The summed E-state index contributed by atoms with van der Waals surface area (Å²) in [6.45, 7) is 5.82. The minimum atomic E-state index is -1.91. The Kier molecular flexibility index (Phi) is 48.4. The van der Waals surface area contributed by atoms with Gasteiger partial charge in [-0.2, -0.15) is 0 Å². The molecule has 6 unspecified atom stereocenters. The van der Waals surface area contributed by atoms with Crippen molar-refractivity contribution >= 4 is 23.9 Å². The topological polar surface area (TPSA) is 175 Å². The molecule has 1 fully saturated rings. The molecule has 0 bridgehead atoms. The molecule has 6 atom stereocenters. The van der Waals surface area contributed by atoms with Crippen LogP contribution in [0, 0.1) is 0 Å². The van der Waals surface area contributed by atoms with Gasteiger partial charge in [-0.15, -0.1) is 0 Å². The number of allylic oxidation sites excluding steroid dienone is 14. The Morgan fingerprint density at radius 1 is 0.442 bits per heavy atom. The molecule has 1 saturated heterocycles. The number of aliphatic hydroxyl groups is 2. The Labute approximate surface area is 467 Å². The number of aliphatic carboxylic acids is 1. The molecule has 0 spiro atoms. The molecular weight excluding hydrogens is 973 g/mol. The van der Waals surface area contributed by atoms with Crippen LogP contribution < -0.4 is 0 Å². The highest BCUT2D eigenvalue weighted by molar-refractivity contribution is 5.74. The van der Waals surface area contributed by atoms with Crippen LogP contribution in [-0.4, -0.2) is 89.2 Å². The normalized spacial score (nSPS) is 18.6. The van der Waals surface area contributed by atoms with Gasteiger partial charge < -0.3 is 39.0 Å². The number of carboxylic acids is 1.